The fraction of sp³-hybridized carbons (Fsp3) is 0.938. The van der Waals surface area contributed by atoms with Gasteiger partial charge in [-0.3, -0.25) is 14.4 Å². The molecule has 0 amide bonds. The van der Waals surface area contributed by atoms with Gasteiger partial charge in [-0.1, -0.05) is 221 Å². The van der Waals surface area contributed by atoms with Gasteiger partial charge in [0.1, 0.15) is 13.2 Å². The van der Waals surface area contributed by atoms with Gasteiger partial charge in [-0.15, -0.1) is 0 Å². The Morgan fingerprint density at radius 3 is 1.06 bits per heavy atom. The van der Waals surface area contributed by atoms with Gasteiger partial charge in [-0.2, -0.15) is 0 Å². The van der Waals surface area contributed by atoms with Gasteiger partial charge in [0.2, 0.25) is 0 Å². The minimum atomic E-state index is -0.760. The smallest absolute Gasteiger partial charge is 0.306 e. The molecule has 0 heterocycles. The van der Waals surface area contributed by atoms with Crippen molar-refractivity contribution in [2.24, 2.45) is 11.8 Å². The van der Waals surface area contributed by atoms with Crippen LogP contribution in [0.5, 0.6) is 0 Å². The van der Waals surface area contributed by atoms with E-state index in [0.717, 1.165) is 69.6 Å². The van der Waals surface area contributed by atoms with Crippen LogP contribution in [0.4, 0.5) is 0 Å². The first-order valence-electron chi connectivity index (χ1n) is 23.8. The molecule has 0 aromatic heterocycles. The number of hydrogen-bond donors (Lipinski definition) is 0. The Morgan fingerprint density at radius 2 is 0.704 bits per heavy atom. The number of esters is 3. The van der Waals surface area contributed by atoms with Gasteiger partial charge in [0.15, 0.2) is 6.10 Å². The summed E-state index contributed by atoms with van der Waals surface area (Å²) >= 11 is 0. The number of rotatable bonds is 42. The highest BCUT2D eigenvalue weighted by Crippen LogP contribution is 2.17. The molecule has 0 aliphatic carbocycles. The normalized spacial score (nSPS) is 12.6. The predicted octanol–water partition coefficient (Wildman–Crippen LogP) is 15.0. The van der Waals surface area contributed by atoms with Gasteiger partial charge in [0.25, 0.3) is 0 Å². The lowest BCUT2D eigenvalue weighted by atomic mass is 9.99. The van der Waals surface area contributed by atoms with Crippen LogP contribution >= 0.6 is 0 Å². The molecule has 0 N–H and O–H groups in total. The molecule has 0 aliphatic rings. The zero-order valence-corrected chi connectivity index (χ0v) is 36.8. The molecule has 0 aromatic rings. The van der Waals surface area contributed by atoms with Crippen molar-refractivity contribution in [3.05, 3.63) is 0 Å². The highest BCUT2D eigenvalue weighted by Gasteiger charge is 2.19. The van der Waals surface area contributed by atoms with E-state index in [9.17, 15) is 14.4 Å². The van der Waals surface area contributed by atoms with E-state index in [1.165, 1.54) is 148 Å². The van der Waals surface area contributed by atoms with Crippen molar-refractivity contribution in [1.29, 1.82) is 0 Å². The van der Waals surface area contributed by atoms with Crippen molar-refractivity contribution in [1.82, 2.24) is 0 Å². The van der Waals surface area contributed by atoms with Gasteiger partial charge < -0.3 is 14.2 Å². The molecule has 0 bridgehead atoms. The van der Waals surface area contributed by atoms with Gasteiger partial charge >= 0.3 is 17.9 Å². The van der Waals surface area contributed by atoms with Crippen molar-refractivity contribution in [3.63, 3.8) is 0 Å². The minimum Gasteiger partial charge on any atom is -0.462 e. The number of ether oxygens (including phenoxy) is 3. The Labute approximate surface area is 336 Å². The first-order chi connectivity index (χ1) is 26.3. The van der Waals surface area contributed by atoms with Crippen LogP contribution in [-0.2, 0) is 28.6 Å². The zero-order valence-electron chi connectivity index (χ0n) is 36.8. The van der Waals surface area contributed by atoms with E-state index in [4.69, 9.17) is 14.2 Å². The molecule has 6 nitrogen and oxygen atoms in total. The summed E-state index contributed by atoms with van der Waals surface area (Å²) in [6.07, 6.45) is 39.4. The highest BCUT2D eigenvalue weighted by atomic mass is 16.6. The molecule has 0 aliphatic heterocycles. The Balaban J connectivity index is 4.32. The van der Waals surface area contributed by atoms with Crippen molar-refractivity contribution in [2.45, 2.75) is 265 Å². The second-order valence-corrected chi connectivity index (χ2v) is 17.1. The quantitative estimate of drug-likeness (QED) is 0.0350. The van der Waals surface area contributed by atoms with Crippen LogP contribution in [0.15, 0.2) is 0 Å². The maximum atomic E-state index is 12.7. The topological polar surface area (TPSA) is 78.9 Å². The van der Waals surface area contributed by atoms with E-state index in [1.54, 1.807) is 0 Å². The van der Waals surface area contributed by atoms with Crippen LogP contribution in [0.3, 0.4) is 0 Å². The molecule has 0 aromatic carbocycles. The minimum absolute atomic E-state index is 0.0648. The second-order valence-electron chi connectivity index (χ2n) is 17.1. The van der Waals surface area contributed by atoms with Crippen molar-refractivity contribution < 1.29 is 28.6 Å². The van der Waals surface area contributed by atoms with Gasteiger partial charge in [0.05, 0.1) is 0 Å². The van der Waals surface area contributed by atoms with Crippen molar-refractivity contribution in [3.8, 4) is 0 Å². The summed E-state index contributed by atoms with van der Waals surface area (Å²) in [5, 5.41) is 0. The predicted molar refractivity (Wildman–Crippen MR) is 229 cm³/mol. The molecule has 0 saturated carbocycles. The second kappa shape index (κ2) is 41.1. The first kappa shape index (κ1) is 52.4. The molecular weight excluding hydrogens is 673 g/mol. The monoisotopic (exact) mass is 765 g/mol. The lowest BCUT2D eigenvalue weighted by molar-refractivity contribution is -0.167. The van der Waals surface area contributed by atoms with E-state index in [2.05, 4.69) is 34.6 Å². The molecule has 0 rings (SSSR count). The maximum absolute atomic E-state index is 12.7. The number of carbonyl (C=O) groups is 3. The average Bonchev–Trinajstić information content (AvgIpc) is 3.15. The Bertz CT molecular complexity index is 826. The van der Waals surface area contributed by atoms with Crippen LogP contribution < -0.4 is 0 Å². The molecule has 320 valence electrons. The number of hydrogen-bond acceptors (Lipinski definition) is 6. The molecule has 54 heavy (non-hydrogen) atoms. The SMILES string of the molecule is CCCCCCCCCCCCC(=O)O[C@H](COC(=O)CCCCCCCCCCCCC(C)CC)COC(=O)CCCCCCCCCCCC(C)C. The van der Waals surface area contributed by atoms with Crippen LogP contribution in [-0.4, -0.2) is 37.2 Å². The highest BCUT2D eigenvalue weighted by molar-refractivity contribution is 5.71. The number of unbranched alkanes of at least 4 members (excludes halogenated alkanes) is 26. The molecule has 2 atom stereocenters. The third kappa shape index (κ3) is 40.1. The fourth-order valence-electron chi connectivity index (χ4n) is 7.07. The van der Waals surface area contributed by atoms with Crippen molar-refractivity contribution >= 4 is 17.9 Å². The molecule has 0 radical (unpaired) electrons. The summed E-state index contributed by atoms with van der Waals surface area (Å²) < 4.78 is 16.7. The molecule has 0 fully saturated rings. The Morgan fingerprint density at radius 1 is 0.389 bits per heavy atom. The van der Waals surface area contributed by atoms with Crippen LogP contribution in [0.1, 0.15) is 259 Å². The summed E-state index contributed by atoms with van der Waals surface area (Å²) in [7, 11) is 0. The largest absolute Gasteiger partial charge is 0.462 e. The molecular formula is C48H92O6. The van der Waals surface area contributed by atoms with Gasteiger partial charge in [0, 0.05) is 19.3 Å². The first-order valence-corrected chi connectivity index (χ1v) is 23.8. The van der Waals surface area contributed by atoms with E-state index in [1.807, 2.05) is 0 Å². The lowest BCUT2D eigenvalue weighted by Gasteiger charge is -2.18. The van der Waals surface area contributed by atoms with Crippen LogP contribution in [0.2, 0.25) is 0 Å². The third-order valence-electron chi connectivity index (χ3n) is 11.1. The molecule has 0 saturated heterocycles. The summed E-state index contributed by atoms with van der Waals surface area (Å²) in [5.74, 6) is 0.822. The van der Waals surface area contributed by atoms with Crippen LogP contribution in [0.25, 0.3) is 0 Å². The standard InChI is InChI=1S/C48H92O6/c1-6-8-9-10-11-12-18-25-30-35-40-48(51)54-45(42-53-47(50)39-34-29-24-20-15-16-21-26-31-36-43(3)4)41-52-46(49)38-33-28-23-19-14-13-17-22-27-32-37-44(5)7-2/h43-45H,6-42H2,1-5H3/t44?,45-/m1/s1. The molecule has 1 unspecified atom stereocenters. The summed E-state index contributed by atoms with van der Waals surface area (Å²) in [4.78, 5) is 37.7. The zero-order chi connectivity index (χ0) is 39.7. The number of carbonyl (C=O) groups excluding carboxylic acids is 3. The molecule has 0 spiro atoms. The maximum Gasteiger partial charge on any atom is 0.306 e. The summed E-state index contributed by atoms with van der Waals surface area (Å²) in [6, 6.07) is 0. The fourth-order valence-corrected chi connectivity index (χ4v) is 7.07. The third-order valence-corrected chi connectivity index (χ3v) is 11.1. The molecule has 6 heteroatoms. The van der Waals surface area contributed by atoms with Gasteiger partial charge in [-0.25, -0.2) is 0 Å². The van der Waals surface area contributed by atoms with E-state index < -0.39 is 6.10 Å². The lowest BCUT2D eigenvalue weighted by Crippen LogP contribution is -2.30. The average molecular weight is 765 g/mol. The van der Waals surface area contributed by atoms with E-state index in [-0.39, 0.29) is 31.1 Å². The van der Waals surface area contributed by atoms with E-state index in [0.29, 0.717) is 19.3 Å². The Hall–Kier alpha value is -1.59. The summed E-state index contributed by atoms with van der Waals surface area (Å²) in [5.41, 5.74) is 0. The summed E-state index contributed by atoms with van der Waals surface area (Å²) in [6.45, 7) is 11.3. The van der Waals surface area contributed by atoms with E-state index >= 15 is 0 Å². The van der Waals surface area contributed by atoms with Crippen molar-refractivity contribution in [2.75, 3.05) is 13.2 Å². The van der Waals surface area contributed by atoms with Crippen LogP contribution in [0, 0.1) is 11.8 Å². The van der Waals surface area contributed by atoms with Gasteiger partial charge in [-0.05, 0) is 31.1 Å². The Kier molecular flexibility index (Phi) is 39.8.